The van der Waals surface area contributed by atoms with E-state index in [9.17, 15) is 0 Å². The first kappa shape index (κ1) is 24.5. The Morgan fingerprint density at radius 2 is 1.41 bits per heavy atom. The van der Waals surface area contributed by atoms with Crippen molar-refractivity contribution in [3.05, 3.63) is 84.9 Å². The maximum absolute atomic E-state index is 5.93. The van der Waals surface area contributed by atoms with Crippen molar-refractivity contribution in [2.75, 3.05) is 13.1 Å². The van der Waals surface area contributed by atoms with Crippen LogP contribution in [0.3, 0.4) is 0 Å². The third-order valence-corrected chi connectivity index (χ3v) is 12.7. The summed E-state index contributed by atoms with van der Waals surface area (Å²) in [5, 5.41) is 6.60. The molecule has 6 rings (SSSR count). The lowest BCUT2D eigenvalue weighted by molar-refractivity contribution is 0.361. The van der Waals surface area contributed by atoms with Gasteiger partial charge in [0.2, 0.25) is 0 Å². The fraction of sp³-hybridized carbons (Fsp3) is 0.333. The van der Waals surface area contributed by atoms with Gasteiger partial charge < -0.3 is 4.57 Å². The van der Waals surface area contributed by atoms with E-state index in [1.165, 1.54) is 57.1 Å². The zero-order valence-electron chi connectivity index (χ0n) is 22.6. The van der Waals surface area contributed by atoms with Gasteiger partial charge in [0.1, 0.15) is 0 Å². The van der Waals surface area contributed by atoms with Crippen molar-refractivity contribution in [2.24, 2.45) is 4.74 Å². The van der Waals surface area contributed by atoms with Crippen LogP contribution < -0.4 is 5.30 Å². The van der Waals surface area contributed by atoms with Gasteiger partial charge in [-0.05, 0) is 55.5 Å². The average molecular weight is 508 g/mol. The number of rotatable bonds is 4. The minimum Gasteiger partial charge on any atom is -0.341 e. The molecular formula is C33H38N3P. The highest BCUT2D eigenvalue weighted by Crippen LogP contribution is 2.65. The summed E-state index contributed by atoms with van der Waals surface area (Å²) in [5.74, 6) is 0. The molecule has 190 valence electrons. The maximum Gasteiger partial charge on any atom is 0.0720 e. The molecule has 0 N–H and O–H groups in total. The second-order valence-electron chi connectivity index (χ2n) is 11.3. The molecule has 1 atom stereocenters. The lowest BCUT2D eigenvalue weighted by Gasteiger charge is -2.47. The number of benzene rings is 4. The van der Waals surface area contributed by atoms with E-state index in [0.29, 0.717) is 0 Å². The zero-order chi connectivity index (χ0) is 25.6. The lowest BCUT2D eigenvalue weighted by atomic mass is 10.1. The van der Waals surface area contributed by atoms with Crippen LogP contribution in [-0.2, 0) is 6.54 Å². The second kappa shape index (κ2) is 9.46. The minimum atomic E-state index is -2.17. The topological polar surface area (TPSA) is 20.5 Å². The van der Waals surface area contributed by atoms with E-state index >= 15 is 0 Å². The highest BCUT2D eigenvalue weighted by Gasteiger charge is 2.42. The molecule has 0 amide bonds. The van der Waals surface area contributed by atoms with E-state index in [0.717, 1.165) is 25.3 Å². The fourth-order valence-electron chi connectivity index (χ4n) is 6.44. The quantitative estimate of drug-likeness (QED) is 0.222. The van der Waals surface area contributed by atoms with Crippen LogP contribution >= 0.6 is 7.21 Å². The monoisotopic (exact) mass is 507 g/mol. The van der Waals surface area contributed by atoms with Gasteiger partial charge in [0.05, 0.1) is 12.9 Å². The summed E-state index contributed by atoms with van der Waals surface area (Å²) in [7, 11) is -2.17. The van der Waals surface area contributed by atoms with Crippen molar-refractivity contribution < 1.29 is 0 Å². The molecule has 0 radical (unpaired) electrons. The van der Waals surface area contributed by atoms with Crippen molar-refractivity contribution in [2.45, 2.75) is 58.7 Å². The normalized spacial score (nSPS) is 16.9. The molecule has 3 nitrogen and oxygen atoms in total. The molecule has 1 saturated heterocycles. The third-order valence-electron chi connectivity index (χ3n) is 8.13. The number of nitrogens with zero attached hydrogens (tertiary/aromatic N) is 3. The third kappa shape index (κ3) is 3.95. The molecular weight excluding hydrogens is 469 g/mol. The Balaban J connectivity index is 1.71. The number of aromatic nitrogens is 1. The van der Waals surface area contributed by atoms with Crippen LogP contribution in [0, 0.1) is 0 Å². The van der Waals surface area contributed by atoms with Crippen molar-refractivity contribution in [1.29, 1.82) is 0 Å². The second-order valence-corrected chi connectivity index (χ2v) is 15.2. The van der Waals surface area contributed by atoms with Crippen molar-refractivity contribution in [1.82, 2.24) is 9.24 Å². The summed E-state index contributed by atoms with van der Waals surface area (Å²) in [5.41, 5.74) is 3.77. The number of aryl methyl sites for hydroxylation is 1. The van der Waals surface area contributed by atoms with Gasteiger partial charge in [0.25, 0.3) is 0 Å². The summed E-state index contributed by atoms with van der Waals surface area (Å²) < 4.78 is 11.2. The SMILES string of the molecule is CCn1c2ccccc2c2cc([P@@](=Nc3cccc4ccccc34)(N3CCCCC3)C(C)(C)C)ccc21. The van der Waals surface area contributed by atoms with Crippen LogP contribution in [0.4, 0.5) is 5.69 Å². The van der Waals surface area contributed by atoms with E-state index in [4.69, 9.17) is 4.74 Å². The van der Waals surface area contributed by atoms with Gasteiger partial charge in [-0.15, -0.1) is 0 Å². The standard InChI is InChI=1S/C33H38N3P/c1-5-36-31-19-10-9-17-28(31)29-24-26(20-21-32(29)36)37(33(2,3)4,35-22-11-6-12-23-35)34-30-18-13-15-25-14-7-8-16-27(25)30/h7-10,13-21,24H,5-6,11-12,22-23H2,1-4H3/t37-/m1/s1. The van der Waals surface area contributed by atoms with Gasteiger partial charge in [-0.25, -0.2) is 4.74 Å². The fourth-order valence-corrected chi connectivity index (χ4v) is 10.9. The van der Waals surface area contributed by atoms with Gasteiger partial charge in [-0.3, -0.25) is 4.67 Å². The average Bonchev–Trinajstić information content (AvgIpc) is 3.24. The first-order valence-corrected chi connectivity index (χ1v) is 15.5. The largest absolute Gasteiger partial charge is 0.341 e. The molecule has 4 aromatic carbocycles. The Bertz CT molecular complexity index is 1640. The van der Waals surface area contributed by atoms with Crippen LogP contribution in [0.25, 0.3) is 32.6 Å². The van der Waals surface area contributed by atoms with Gasteiger partial charge in [0, 0.05) is 57.3 Å². The molecule has 4 heteroatoms. The summed E-state index contributed by atoms with van der Waals surface area (Å²) in [6, 6.07) is 31.5. The highest BCUT2D eigenvalue weighted by molar-refractivity contribution is 7.73. The Labute approximate surface area is 221 Å². The van der Waals surface area contributed by atoms with E-state index in [2.05, 4.69) is 122 Å². The predicted octanol–water partition coefficient (Wildman–Crippen LogP) is 9.33. The predicted molar refractivity (Wildman–Crippen MR) is 163 cm³/mol. The summed E-state index contributed by atoms with van der Waals surface area (Å²) in [6.45, 7) is 12.7. The van der Waals surface area contributed by atoms with Crippen LogP contribution in [0.2, 0.25) is 0 Å². The molecule has 1 aliphatic heterocycles. The molecule has 5 aromatic rings. The van der Waals surface area contributed by atoms with E-state index in [1.54, 1.807) is 0 Å². The van der Waals surface area contributed by atoms with Gasteiger partial charge in [0.15, 0.2) is 0 Å². The Morgan fingerprint density at radius 3 is 2.16 bits per heavy atom. The van der Waals surface area contributed by atoms with Crippen LogP contribution in [0.1, 0.15) is 47.0 Å². The molecule has 1 fully saturated rings. The summed E-state index contributed by atoms with van der Waals surface area (Å²) >= 11 is 0. The molecule has 0 aliphatic carbocycles. The first-order valence-electron chi connectivity index (χ1n) is 13.8. The molecule has 37 heavy (non-hydrogen) atoms. The molecule has 0 saturated carbocycles. The van der Waals surface area contributed by atoms with Crippen molar-refractivity contribution in [3.8, 4) is 0 Å². The summed E-state index contributed by atoms with van der Waals surface area (Å²) in [4.78, 5) is 0. The minimum absolute atomic E-state index is 0.0158. The van der Waals surface area contributed by atoms with Gasteiger partial charge >= 0.3 is 0 Å². The molecule has 2 heterocycles. The smallest absolute Gasteiger partial charge is 0.0720 e. The molecule has 1 aliphatic rings. The number of para-hydroxylation sites is 1. The first-order chi connectivity index (χ1) is 17.9. The maximum atomic E-state index is 5.93. The Morgan fingerprint density at radius 1 is 0.730 bits per heavy atom. The van der Waals surface area contributed by atoms with E-state index in [1.807, 2.05) is 0 Å². The van der Waals surface area contributed by atoms with E-state index < -0.39 is 7.21 Å². The number of piperidine rings is 1. The Hall–Kier alpha value is -2.87. The Kier molecular flexibility index (Phi) is 6.25. The lowest BCUT2D eigenvalue weighted by Crippen LogP contribution is -2.39. The van der Waals surface area contributed by atoms with Crippen LogP contribution in [0.5, 0.6) is 0 Å². The van der Waals surface area contributed by atoms with Crippen LogP contribution in [-0.4, -0.2) is 27.5 Å². The molecule has 0 unspecified atom stereocenters. The van der Waals surface area contributed by atoms with E-state index in [-0.39, 0.29) is 5.16 Å². The number of hydrogen-bond acceptors (Lipinski definition) is 1. The molecule has 0 bridgehead atoms. The number of fused-ring (bicyclic) bond motifs is 4. The molecule has 1 aromatic heterocycles. The summed E-state index contributed by atoms with van der Waals surface area (Å²) in [6.07, 6.45) is 3.82. The van der Waals surface area contributed by atoms with Gasteiger partial charge in [-0.1, -0.05) is 81.8 Å². The van der Waals surface area contributed by atoms with Crippen molar-refractivity contribution in [3.63, 3.8) is 0 Å². The zero-order valence-corrected chi connectivity index (χ0v) is 23.5. The van der Waals surface area contributed by atoms with Crippen LogP contribution in [0.15, 0.2) is 89.7 Å². The number of hydrogen-bond donors (Lipinski definition) is 0. The van der Waals surface area contributed by atoms with Gasteiger partial charge in [-0.2, -0.15) is 0 Å². The molecule has 0 spiro atoms. The van der Waals surface area contributed by atoms with Crippen molar-refractivity contribution >= 4 is 50.8 Å². The highest BCUT2D eigenvalue weighted by atomic mass is 31.2.